The molecule has 118 valence electrons. The highest BCUT2D eigenvalue weighted by Crippen LogP contribution is 2.26. The minimum atomic E-state index is -3.57. The fraction of sp³-hybridized carbons (Fsp3) is 0.571. The van der Waals surface area contributed by atoms with E-state index in [9.17, 15) is 8.42 Å². The molecule has 0 bridgehead atoms. The fourth-order valence-electron chi connectivity index (χ4n) is 2.39. The third-order valence-electron chi connectivity index (χ3n) is 3.60. The monoisotopic (exact) mass is 332 g/mol. The average molecular weight is 333 g/mol. The highest BCUT2D eigenvalue weighted by Gasteiger charge is 2.18. The van der Waals surface area contributed by atoms with E-state index in [2.05, 4.69) is 4.72 Å². The van der Waals surface area contributed by atoms with Crippen LogP contribution in [-0.2, 0) is 14.8 Å². The van der Waals surface area contributed by atoms with Crippen molar-refractivity contribution in [2.75, 3.05) is 18.9 Å². The maximum atomic E-state index is 12.2. The molecule has 3 N–H and O–H groups in total. The number of benzene rings is 1. The summed E-state index contributed by atoms with van der Waals surface area (Å²) in [6.45, 7) is 2.85. The maximum Gasteiger partial charge on any atom is 0.240 e. The van der Waals surface area contributed by atoms with Gasteiger partial charge in [-0.2, -0.15) is 0 Å². The number of hydrogen-bond acceptors (Lipinski definition) is 4. The Hall–Kier alpha value is -0.820. The van der Waals surface area contributed by atoms with Crippen molar-refractivity contribution >= 4 is 27.3 Å². The third-order valence-corrected chi connectivity index (χ3v) is 5.56. The highest BCUT2D eigenvalue weighted by atomic mass is 35.5. The molecule has 1 aliphatic rings. The topological polar surface area (TPSA) is 81.4 Å². The van der Waals surface area contributed by atoms with Crippen molar-refractivity contribution in [2.45, 2.75) is 43.6 Å². The van der Waals surface area contributed by atoms with E-state index < -0.39 is 10.0 Å². The largest absolute Gasteiger partial charge is 0.397 e. The Labute approximate surface area is 130 Å². The number of anilines is 1. The quantitative estimate of drug-likeness (QED) is 0.811. The number of aryl methyl sites for hydroxylation is 1. The van der Waals surface area contributed by atoms with Crippen molar-refractivity contribution in [2.24, 2.45) is 0 Å². The van der Waals surface area contributed by atoms with E-state index in [-0.39, 0.29) is 16.7 Å². The van der Waals surface area contributed by atoms with E-state index in [1.807, 2.05) is 0 Å². The average Bonchev–Trinajstić information content (AvgIpc) is 2.45. The number of rotatable bonds is 5. The number of nitrogens with two attached hydrogens (primary N) is 1. The molecule has 5 nitrogen and oxygen atoms in total. The summed E-state index contributed by atoms with van der Waals surface area (Å²) in [5, 5.41) is 0.393. The molecular weight excluding hydrogens is 312 g/mol. The highest BCUT2D eigenvalue weighted by molar-refractivity contribution is 7.89. The van der Waals surface area contributed by atoms with Gasteiger partial charge in [-0.1, -0.05) is 11.6 Å². The predicted octanol–water partition coefficient (Wildman–Crippen LogP) is 2.47. The Bertz CT molecular complexity index is 575. The van der Waals surface area contributed by atoms with Crippen LogP contribution in [0.25, 0.3) is 0 Å². The molecule has 2 rings (SSSR count). The first-order valence-corrected chi connectivity index (χ1v) is 8.93. The molecule has 0 aliphatic carbocycles. The van der Waals surface area contributed by atoms with Crippen molar-refractivity contribution in [1.82, 2.24) is 4.72 Å². The summed E-state index contributed by atoms with van der Waals surface area (Å²) in [7, 11) is -3.57. The van der Waals surface area contributed by atoms with E-state index in [1.165, 1.54) is 12.1 Å². The van der Waals surface area contributed by atoms with Gasteiger partial charge in [0.25, 0.3) is 0 Å². The van der Waals surface area contributed by atoms with Crippen molar-refractivity contribution < 1.29 is 13.2 Å². The van der Waals surface area contributed by atoms with Crippen molar-refractivity contribution in [3.8, 4) is 0 Å². The van der Waals surface area contributed by atoms with Crippen LogP contribution in [0.5, 0.6) is 0 Å². The summed E-state index contributed by atoms with van der Waals surface area (Å²) >= 11 is 5.95. The Balaban J connectivity index is 1.98. The Kier molecular flexibility index (Phi) is 5.48. The van der Waals surface area contributed by atoms with Gasteiger partial charge in [0.15, 0.2) is 0 Å². The Morgan fingerprint density at radius 1 is 1.43 bits per heavy atom. The molecule has 0 spiro atoms. The Morgan fingerprint density at radius 3 is 2.81 bits per heavy atom. The molecule has 21 heavy (non-hydrogen) atoms. The van der Waals surface area contributed by atoms with Crippen molar-refractivity contribution in [3.63, 3.8) is 0 Å². The molecule has 1 aromatic rings. The summed E-state index contributed by atoms with van der Waals surface area (Å²) in [5.74, 6) is 0. The number of ether oxygens (including phenoxy) is 1. The van der Waals surface area contributed by atoms with Gasteiger partial charge in [-0.05, 0) is 50.3 Å². The lowest BCUT2D eigenvalue weighted by atomic mass is 10.1. The molecular formula is C14H21ClN2O3S. The van der Waals surface area contributed by atoms with Gasteiger partial charge >= 0.3 is 0 Å². The number of sulfonamides is 1. The predicted molar refractivity (Wildman–Crippen MR) is 84.0 cm³/mol. The molecule has 1 fully saturated rings. The summed E-state index contributed by atoms with van der Waals surface area (Å²) < 4.78 is 32.6. The zero-order valence-corrected chi connectivity index (χ0v) is 13.6. The van der Waals surface area contributed by atoms with E-state index in [0.717, 1.165) is 25.9 Å². The standard InChI is InChI=1S/C14H21ClN2O3S/c1-10-8-12(9-13(16)14(10)15)21(18,19)17-6-5-11-4-2-3-7-20-11/h8-9,11,17H,2-7,16H2,1H3. The molecule has 1 heterocycles. The molecule has 0 radical (unpaired) electrons. The van der Waals surface area contributed by atoms with Crippen LogP contribution in [0, 0.1) is 6.92 Å². The van der Waals surface area contributed by atoms with Gasteiger partial charge in [-0.25, -0.2) is 13.1 Å². The summed E-state index contributed by atoms with van der Waals surface area (Å²) in [4.78, 5) is 0.145. The van der Waals surface area contributed by atoms with Crippen molar-refractivity contribution in [1.29, 1.82) is 0 Å². The zero-order chi connectivity index (χ0) is 15.5. The number of hydrogen-bond donors (Lipinski definition) is 2. The number of nitrogens with one attached hydrogen (secondary N) is 1. The lowest BCUT2D eigenvalue weighted by molar-refractivity contribution is 0.0123. The van der Waals surface area contributed by atoms with Crippen molar-refractivity contribution in [3.05, 3.63) is 22.7 Å². The molecule has 7 heteroatoms. The van der Waals surface area contributed by atoms with Gasteiger partial charge in [0.05, 0.1) is 21.7 Å². The maximum absolute atomic E-state index is 12.2. The molecule has 0 amide bonds. The lowest BCUT2D eigenvalue weighted by Crippen LogP contribution is -2.29. The molecule has 1 atom stereocenters. The SMILES string of the molecule is Cc1cc(S(=O)(=O)NCCC2CCCCO2)cc(N)c1Cl. The summed E-state index contributed by atoms with van der Waals surface area (Å²) in [5.41, 5.74) is 6.64. The van der Waals surface area contributed by atoms with Crippen LogP contribution in [0.3, 0.4) is 0 Å². The first-order chi connectivity index (χ1) is 9.90. The van der Waals surface area contributed by atoms with Crippen LogP contribution >= 0.6 is 11.6 Å². The lowest BCUT2D eigenvalue weighted by Gasteiger charge is -2.22. The molecule has 1 aromatic carbocycles. The van der Waals surface area contributed by atoms with Gasteiger partial charge in [0, 0.05) is 13.2 Å². The van der Waals surface area contributed by atoms with E-state index in [0.29, 0.717) is 23.6 Å². The first-order valence-electron chi connectivity index (χ1n) is 7.07. The second kappa shape index (κ2) is 6.96. The first kappa shape index (κ1) is 16.5. The van der Waals surface area contributed by atoms with Crippen LogP contribution in [0.4, 0.5) is 5.69 Å². The fourth-order valence-corrected chi connectivity index (χ4v) is 3.67. The molecule has 0 saturated carbocycles. The van der Waals surface area contributed by atoms with Crippen LogP contribution in [0.1, 0.15) is 31.2 Å². The minimum absolute atomic E-state index is 0.145. The number of nitrogen functional groups attached to an aromatic ring is 1. The molecule has 1 saturated heterocycles. The van der Waals surface area contributed by atoms with Crippen LogP contribution in [0.2, 0.25) is 5.02 Å². The Morgan fingerprint density at radius 2 is 2.19 bits per heavy atom. The number of halogens is 1. The van der Waals surface area contributed by atoms with Gasteiger partial charge < -0.3 is 10.5 Å². The molecule has 0 aromatic heterocycles. The molecule has 1 unspecified atom stereocenters. The van der Waals surface area contributed by atoms with E-state index >= 15 is 0 Å². The molecule has 1 aliphatic heterocycles. The van der Waals surface area contributed by atoms with Gasteiger partial charge in [-0.15, -0.1) is 0 Å². The zero-order valence-electron chi connectivity index (χ0n) is 12.1. The van der Waals surface area contributed by atoms with E-state index in [1.54, 1.807) is 6.92 Å². The van der Waals surface area contributed by atoms with Gasteiger partial charge in [0.1, 0.15) is 0 Å². The normalized spacial score (nSPS) is 19.6. The third kappa shape index (κ3) is 4.32. The second-order valence-corrected chi connectivity index (χ2v) is 7.46. The second-order valence-electron chi connectivity index (χ2n) is 5.32. The van der Waals surface area contributed by atoms with Crippen LogP contribution < -0.4 is 10.5 Å². The van der Waals surface area contributed by atoms with Gasteiger partial charge in [0.2, 0.25) is 10.0 Å². The van der Waals surface area contributed by atoms with Crippen LogP contribution in [-0.4, -0.2) is 27.7 Å². The summed E-state index contributed by atoms with van der Waals surface area (Å²) in [6, 6.07) is 2.91. The summed E-state index contributed by atoms with van der Waals surface area (Å²) in [6.07, 6.45) is 4.06. The smallest absolute Gasteiger partial charge is 0.240 e. The minimum Gasteiger partial charge on any atom is -0.397 e. The van der Waals surface area contributed by atoms with Gasteiger partial charge in [-0.3, -0.25) is 0 Å². The van der Waals surface area contributed by atoms with E-state index in [4.69, 9.17) is 22.1 Å². The van der Waals surface area contributed by atoms with Crippen LogP contribution in [0.15, 0.2) is 17.0 Å².